The fraction of sp³-hybridized carbons (Fsp3) is 0.526. The molecule has 0 bridgehead atoms. The molecule has 0 unspecified atom stereocenters. The van der Waals surface area contributed by atoms with Crippen molar-refractivity contribution in [2.45, 2.75) is 32.1 Å². The lowest BCUT2D eigenvalue weighted by Gasteiger charge is -2.13. The van der Waals surface area contributed by atoms with Crippen molar-refractivity contribution in [1.82, 2.24) is 5.32 Å². The maximum Gasteiger partial charge on any atom is 0.195 e. The third-order valence-electron chi connectivity index (χ3n) is 3.96. The van der Waals surface area contributed by atoms with Gasteiger partial charge in [0.1, 0.15) is 5.75 Å². The van der Waals surface area contributed by atoms with Crippen LogP contribution in [0, 0.1) is 0 Å². The van der Waals surface area contributed by atoms with Gasteiger partial charge in [-0.15, -0.1) is 24.0 Å². The van der Waals surface area contributed by atoms with Crippen LogP contribution in [0.2, 0.25) is 0 Å². The molecule has 2 rings (SSSR count). The van der Waals surface area contributed by atoms with Gasteiger partial charge < -0.3 is 20.1 Å². The predicted octanol–water partition coefficient (Wildman–Crippen LogP) is 4.21. The van der Waals surface area contributed by atoms with E-state index < -0.39 is 0 Å². The van der Waals surface area contributed by atoms with E-state index in [0.29, 0.717) is 13.2 Å². The first kappa shape index (κ1) is 21.8. The highest BCUT2D eigenvalue weighted by atomic mass is 127. The van der Waals surface area contributed by atoms with Crippen LogP contribution in [0.25, 0.3) is 0 Å². The summed E-state index contributed by atoms with van der Waals surface area (Å²) in [5.74, 6) is 1.63. The van der Waals surface area contributed by atoms with Gasteiger partial charge in [-0.3, -0.25) is 4.99 Å². The Labute approximate surface area is 168 Å². The van der Waals surface area contributed by atoms with Crippen LogP contribution >= 0.6 is 24.0 Å². The number of aliphatic imine (C=N–C) groups is 1. The van der Waals surface area contributed by atoms with Crippen LogP contribution in [0.4, 0.5) is 5.69 Å². The predicted molar refractivity (Wildman–Crippen MR) is 115 cm³/mol. The van der Waals surface area contributed by atoms with Crippen LogP contribution in [0.15, 0.2) is 40.9 Å². The van der Waals surface area contributed by atoms with Gasteiger partial charge >= 0.3 is 0 Å². The fourth-order valence-electron chi connectivity index (χ4n) is 2.68. The standard InChI is InChI=1S/C19H29N3O2.HI/c1-20-19(21-12-11-16-7-3-4-8-16)22-17-9-5-10-18(15-17)24-14-6-13-23-2;/h5,7,9-10,15H,3-4,6,8,11-14H2,1-2H3,(H2,20,21,22);1H. The zero-order chi connectivity index (χ0) is 17.0. The van der Waals surface area contributed by atoms with Crippen molar-refractivity contribution in [2.24, 2.45) is 4.99 Å². The molecule has 1 aromatic rings. The number of nitrogens with one attached hydrogen (secondary N) is 2. The summed E-state index contributed by atoms with van der Waals surface area (Å²) in [6, 6.07) is 7.93. The van der Waals surface area contributed by atoms with Gasteiger partial charge in [-0.1, -0.05) is 17.7 Å². The quantitative estimate of drug-likeness (QED) is 0.191. The second-order valence-electron chi connectivity index (χ2n) is 5.85. The molecule has 0 amide bonds. The lowest BCUT2D eigenvalue weighted by Crippen LogP contribution is -2.31. The first-order valence-corrected chi connectivity index (χ1v) is 8.69. The van der Waals surface area contributed by atoms with Gasteiger partial charge in [0.05, 0.1) is 6.61 Å². The summed E-state index contributed by atoms with van der Waals surface area (Å²) in [7, 11) is 3.49. The van der Waals surface area contributed by atoms with E-state index in [1.165, 1.54) is 19.3 Å². The van der Waals surface area contributed by atoms with E-state index in [1.54, 1.807) is 19.7 Å². The Balaban J connectivity index is 0.00000312. The van der Waals surface area contributed by atoms with E-state index in [9.17, 15) is 0 Å². The van der Waals surface area contributed by atoms with Crippen LogP contribution in [0.3, 0.4) is 0 Å². The van der Waals surface area contributed by atoms with Crippen molar-refractivity contribution < 1.29 is 9.47 Å². The lowest BCUT2D eigenvalue weighted by molar-refractivity contribution is 0.172. The molecule has 1 aliphatic carbocycles. The Morgan fingerprint density at radius 2 is 2.16 bits per heavy atom. The monoisotopic (exact) mass is 459 g/mol. The molecule has 1 aliphatic rings. The van der Waals surface area contributed by atoms with Gasteiger partial charge in [0, 0.05) is 45.5 Å². The molecule has 0 saturated carbocycles. The van der Waals surface area contributed by atoms with E-state index >= 15 is 0 Å². The highest BCUT2D eigenvalue weighted by molar-refractivity contribution is 14.0. The second kappa shape index (κ2) is 13.0. The average Bonchev–Trinajstić information content (AvgIpc) is 3.12. The third kappa shape index (κ3) is 8.58. The molecule has 140 valence electrons. The number of hydrogen-bond acceptors (Lipinski definition) is 3. The van der Waals surface area contributed by atoms with Gasteiger partial charge in [0.25, 0.3) is 0 Å². The Hall–Kier alpha value is -1.28. The summed E-state index contributed by atoms with van der Waals surface area (Å²) in [6.07, 6.45) is 8.12. The van der Waals surface area contributed by atoms with Crippen molar-refractivity contribution in [1.29, 1.82) is 0 Å². The molecule has 6 heteroatoms. The number of halogens is 1. The van der Waals surface area contributed by atoms with Gasteiger partial charge in [-0.25, -0.2) is 0 Å². The summed E-state index contributed by atoms with van der Waals surface area (Å²) < 4.78 is 10.7. The van der Waals surface area contributed by atoms with Crippen LogP contribution in [-0.2, 0) is 4.74 Å². The molecular weight excluding hydrogens is 429 g/mol. The number of methoxy groups -OCH3 is 1. The number of allylic oxidation sites excluding steroid dienone is 1. The molecular formula is C19H30IN3O2. The SMILES string of the molecule is CN=C(NCCC1=CCCC1)Nc1cccc(OCCCOC)c1.I. The van der Waals surface area contributed by atoms with E-state index in [1.807, 2.05) is 24.3 Å². The zero-order valence-electron chi connectivity index (χ0n) is 15.2. The van der Waals surface area contributed by atoms with E-state index in [4.69, 9.17) is 9.47 Å². The first-order valence-electron chi connectivity index (χ1n) is 8.69. The molecule has 0 atom stereocenters. The van der Waals surface area contributed by atoms with Crippen LogP contribution in [0.5, 0.6) is 5.75 Å². The molecule has 2 N–H and O–H groups in total. The van der Waals surface area contributed by atoms with E-state index in [-0.39, 0.29) is 24.0 Å². The first-order chi connectivity index (χ1) is 11.8. The molecule has 0 heterocycles. The van der Waals surface area contributed by atoms with Gasteiger partial charge in [0.15, 0.2) is 5.96 Å². The van der Waals surface area contributed by atoms with E-state index in [0.717, 1.165) is 36.8 Å². The van der Waals surface area contributed by atoms with E-state index in [2.05, 4.69) is 21.7 Å². The van der Waals surface area contributed by atoms with Crippen molar-refractivity contribution in [3.05, 3.63) is 35.9 Å². The minimum Gasteiger partial charge on any atom is -0.493 e. The minimum atomic E-state index is 0. The number of benzene rings is 1. The van der Waals surface area contributed by atoms with Crippen molar-refractivity contribution in [3.63, 3.8) is 0 Å². The average molecular weight is 459 g/mol. The van der Waals surface area contributed by atoms with Crippen molar-refractivity contribution in [2.75, 3.05) is 39.2 Å². The third-order valence-corrected chi connectivity index (χ3v) is 3.96. The minimum absolute atomic E-state index is 0. The van der Waals surface area contributed by atoms with Gasteiger partial charge in [0.2, 0.25) is 0 Å². The molecule has 0 saturated heterocycles. The fourth-order valence-corrected chi connectivity index (χ4v) is 2.68. The van der Waals surface area contributed by atoms with Crippen LogP contribution in [-0.4, -0.2) is 39.9 Å². The maximum absolute atomic E-state index is 5.72. The summed E-state index contributed by atoms with van der Waals surface area (Å²) >= 11 is 0. The summed E-state index contributed by atoms with van der Waals surface area (Å²) in [4.78, 5) is 4.28. The van der Waals surface area contributed by atoms with Gasteiger partial charge in [-0.05, 0) is 37.8 Å². The van der Waals surface area contributed by atoms with Crippen molar-refractivity contribution >= 4 is 35.6 Å². The maximum atomic E-state index is 5.72. The zero-order valence-corrected chi connectivity index (χ0v) is 17.5. The molecule has 5 nitrogen and oxygen atoms in total. The lowest BCUT2D eigenvalue weighted by atomic mass is 10.2. The number of hydrogen-bond donors (Lipinski definition) is 2. The molecule has 0 aliphatic heterocycles. The number of anilines is 1. The Morgan fingerprint density at radius 3 is 2.88 bits per heavy atom. The number of guanidine groups is 1. The summed E-state index contributed by atoms with van der Waals surface area (Å²) in [5.41, 5.74) is 2.52. The van der Waals surface area contributed by atoms with Gasteiger partial charge in [-0.2, -0.15) is 0 Å². The molecule has 0 spiro atoms. The number of nitrogens with zero attached hydrogens (tertiary/aromatic N) is 1. The molecule has 0 fully saturated rings. The Kier molecular flexibility index (Phi) is 11.3. The van der Waals surface area contributed by atoms with Crippen molar-refractivity contribution in [3.8, 4) is 5.75 Å². The summed E-state index contributed by atoms with van der Waals surface area (Å²) in [5, 5.41) is 6.68. The summed E-state index contributed by atoms with van der Waals surface area (Å²) in [6.45, 7) is 2.27. The molecule has 0 radical (unpaired) electrons. The number of rotatable bonds is 9. The molecule has 1 aromatic carbocycles. The second-order valence-corrected chi connectivity index (χ2v) is 5.85. The highest BCUT2D eigenvalue weighted by Gasteiger charge is 2.05. The number of ether oxygens (including phenoxy) is 2. The highest BCUT2D eigenvalue weighted by Crippen LogP contribution is 2.20. The van der Waals surface area contributed by atoms with Crippen LogP contribution in [0.1, 0.15) is 32.1 Å². The normalized spacial score (nSPS) is 13.8. The molecule has 25 heavy (non-hydrogen) atoms. The largest absolute Gasteiger partial charge is 0.493 e. The Morgan fingerprint density at radius 1 is 1.28 bits per heavy atom. The topological polar surface area (TPSA) is 54.9 Å². The Bertz CT molecular complexity index is 561. The van der Waals surface area contributed by atoms with Crippen LogP contribution < -0.4 is 15.4 Å². The molecule has 0 aromatic heterocycles. The smallest absolute Gasteiger partial charge is 0.195 e.